The van der Waals surface area contributed by atoms with Crippen LogP contribution >= 0.6 is 0 Å². The summed E-state index contributed by atoms with van der Waals surface area (Å²) in [4.78, 5) is 35.2. The van der Waals surface area contributed by atoms with Gasteiger partial charge in [0.05, 0.1) is 6.42 Å². The van der Waals surface area contributed by atoms with Gasteiger partial charge in [0.15, 0.2) is 0 Å². The molecule has 3 aromatic rings. The molecule has 1 amide bonds. The van der Waals surface area contributed by atoms with E-state index in [0.29, 0.717) is 17.6 Å². The Balaban J connectivity index is 1.37. The molecule has 1 unspecified atom stereocenters. The first-order valence-corrected chi connectivity index (χ1v) is 10.1. The van der Waals surface area contributed by atoms with Gasteiger partial charge in [0.25, 0.3) is 11.3 Å². The number of aromatic amines is 1. The zero-order valence-electron chi connectivity index (χ0n) is 16.8. The summed E-state index contributed by atoms with van der Waals surface area (Å²) in [6.07, 6.45) is 3.88. The van der Waals surface area contributed by atoms with Gasteiger partial charge in [-0.15, -0.1) is 0 Å². The van der Waals surface area contributed by atoms with Gasteiger partial charge in [0.2, 0.25) is 5.91 Å². The maximum Gasteiger partial charge on any atom is 0.274 e. The highest BCUT2D eigenvalue weighted by atomic mass is 16.1. The van der Waals surface area contributed by atoms with Gasteiger partial charge in [0.1, 0.15) is 5.82 Å². The molecule has 1 aliphatic rings. The fraction of sp³-hybridized carbons (Fsp3) is 0.429. The van der Waals surface area contributed by atoms with Crippen LogP contribution in [0.2, 0.25) is 0 Å². The van der Waals surface area contributed by atoms with Crippen molar-refractivity contribution in [3.63, 3.8) is 0 Å². The van der Waals surface area contributed by atoms with E-state index in [1.165, 1.54) is 35.4 Å². The van der Waals surface area contributed by atoms with Crippen LogP contribution in [-0.4, -0.2) is 43.0 Å². The minimum Gasteiger partial charge on any atom is -0.326 e. The number of nitrogens with zero attached hydrogens (tertiary/aromatic N) is 4. The normalized spacial score (nSPS) is 17.5. The maximum atomic E-state index is 12.4. The number of aromatic nitrogens is 4. The van der Waals surface area contributed by atoms with E-state index in [1.54, 1.807) is 6.92 Å². The molecule has 1 atom stereocenters. The van der Waals surface area contributed by atoms with Gasteiger partial charge in [-0.3, -0.25) is 19.6 Å². The van der Waals surface area contributed by atoms with Gasteiger partial charge in [-0.2, -0.15) is 9.50 Å². The Kier molecular flexibility index (Phi) is 5.44. The number of hydrogen-bond donors (Lipinski definition) is 2. The summed E-state index contributed by atoms with van der Waals surface area (Å²) >= 11 is 0. The van der Waals surface area contributed by atoms with E-state index in [4.69, 9.17) is 0 Å². The van der Waals surface area contributed by atoms with Crippen molar-refractivity contribution < 1.29 is 4.79 Å². The number of rotatable bonds is 5. The average Bonchev–Trinajstić information content (AvgIpc) is 3.07. The van der Waals surface area contributed by atoms with Crippen molar-refractivity contribution in [1.82, 2.24) is 24.5 Å². The summed E-state index contributed by atoms with van der Waals surface area (Å²) in [7, 11) is 0. The Morgan fingerprint density at radius 1 is 1.24 bits per heavy atom. The molecule has 0 saturated carbocycles. The van der Waals surface area contributed by atoms with Crippen LogP contribution in [0.4, 0.5) is 5.69 Å². The Bertz CT molecular complexity index is 1070. The van der Waals surface area contributed by atoms with E-state index in [1.807, 2.05) is 12.1 Å². The van der Waals surface area contributed by atoms with E-state index in [9.17, 15) is 9.59 Å². The Morgan fingerprint density at radius 2 is 2.03 bits per heavy atom. The molecule has 8 nitrogen and oxygen atoms in total. The van der Waals surface area contributed by atoms with E-state index < -0.39 is 0 Å². The van der Waals surface area contributed by atoms with E-state index in [-0.39, 0.29) is 23.7 Å². The van der Waals surface area contributed by atoms with Crippen LogP contribution < -0.4 is 10.9 Å². The molecular weight excluding hydrogens is 368 g/mol. The molecular formula is C21H26N6O2. The van der Waals surface area contributed by atoms with E-state index >= 15 is 0 Å². The van der Waals surface area contributed by atoms with Gasteiger partial charge in [-0.25, -0.2) is 4.98 Å². The molecule has 0 radical (unpaired) electrons. The predicted molar refractivity (Wildman–Crippen MR) is 111 cm³/mol. The third-order valence-corrected chi connectivity index (χ3v) is 5.40. The molecule has 2 N–H and O–H groups in total. The minimum absolute atomic E-state index is 0.0366. The lowest BCUT2D eigenvalue weighted by Gasteiger charge is -2.33. The Labute approximate surface area is 169 Å². The highest BCUT2D eigenvalue weighted by molar-refractivity contribution is 5.91. The second-order valence-electron chi connectivity index (χ2n) is 7.78. The summed E-state index contributed by atoms with van der Waals surface area (Å²) in [5.74, 6) is 0.466. The number of aryl methyl sites for hydroxylation is 1. The Hall–Kier alpha value is -3.00. The van der Waals surface area contributed by atoms with Gasteiger partial charge >= 0.3 is 0 Å². The highest BCUT2D eigenvalue weighted by Gasteiger charge is 2.18. The number of nitrogens with one attached hydrogen (secondary N) is 2. The first-order chi connectivity index (χ1) is 14.0. The summed E-state index contributed by atoms with van der Waals surface area (Å²) < 4.78 is 1.24. The molecule has 1 aliphatic heterocycles. The van der Waals surface area contributed by atoms with Crippen LogP contribution in [0.15, 0.2) is 35.1 Å². The lowest BCUT2D eigenvalue weighted by Crippen LogP contribution is -2.36. The topological polar surface area (TPSA) is 95.4 Å². The average molecular weight is 394 g/mol. The van der Waals surface area contributed by atoms with Crippen molar-refractivity contribution in [2.75, 3.05) is 11.9 Å². The molecule has 152 valence electrons. The molecule has 2 aromatic heterocycles. The molecule has 1 fully saturated rings. The number of anilines is 1. The lowest BCUT2D eigenvalue weighted by molar-refractivity contribution is -0.115. The second kappa shape index (κ2) is 8.16. The number of carbonyl (C=O) groups excluding carboxylic acids is 1. The number of amides is 1. The van der Waals surface area contributed by atoms with Gasteiger partial charge in [-0.1, -0.05) is 18.6 Å². The number of likely N-dealkylation sites (tertiary alicyclic amines) is 1. The number of H-pyrrole nitrogens is 1. The van der Waals surface area contributed by atoms with E-state index in [2.05, 4.69) is 44.3 Å². The number of carbonyl (C=O) groups is 1. The smallest absolute Gasteiger partial charge is 0.274 e. The van der Waals surface area contributed by atoms with Crippen LogP contribution in [0.25, 0.3) is 5.78 Å². The van der Waals surface area contributed by atoms with Crippen LogP contribution in [0, 0.1) is 6.92 Å². The van der Waals surface area contributed by atoms with Crippen molar-refractivity contribution in [2.45, 2.75) is 52.1 Å². The van der Waals surface area contributed by atoms with E-state index in [0.717, 1.165) is 18.8 Å². The molecule has 0 bridgehead atoms. The third kappa shape index (κ3) is 4.54. The second-order valence-corrected chi connectivity index (χ2v) is 7.78. The van der Waals surface area contributed by atoms with Gasteiger partial charge in [-0.05, 0) is 50.9 Å². The summed E-state index contributed by atoms with van der Waals surface area (Å²) in [6.45, 7) is 6.11. The molecule has 1 aromatic carbocycles. The zero-order chi connectivity index (χ0) is 20.4. The lowest BCUT2D eigenvalue weighted by atomic mass is 10.0. The number of fused-ring (bicyclic) bond motifs is 1. The predicted octanol–water partition coefficient (Wildman–Crippen LogP) is 2.28. The zero-order valence-corrected chi connectivity index (χ0v) is 16.8. The molecule has 4 rings (SSSR count). The summed E-state index contributed by atoms with van der Waals surface area (Å²) in [6, 6.07) is 10.0. The first-order valence-electron chi connectivity index (χ1n) is 10.1. The summed E-state index contributed by atoms with van der Waals surface area (Å²) in [5, 5.41) is 5.71. The molecule has 0 spiro atoms. The molecule has 8 heteroatoms. The van der Waals surface area contributed by atoms with Crippen molar-refractivity contribution >= 4 is 17.4 Å². The fourth-order valence-corrected chi connectivity index (χ4v) is 3.79. The fourth-order valence-electron chi connectivity index (χ4n) is 3.79. The minimum atomic E-state index is -0.245. The van der Waals surface area contributed by atoms with Crippen LogP contribution in [-0.2, 0) is 17.8 Å². The molecule has 0 aliphatic carbocycles. The van der Waals surface area contributed by atoms with Crippen LogP contribution in [0.5, 0.6) is 0 Å². The molecule has 3 heterocycles. The quantitative estimate of drug-likeness (QED) is 0.692. The maximum absolute atomic E-state index is 12.4. The van der Waals surface area contributed by atoms with Crippen molar-refractivity contribution in [2.24, 2.45) is 0 Å². The van der Waals surface area contributed by atoms with Crippen molar-refractivity contribution in [1.29, 1.82) is 0 Å². The summed E-state index contributed by atoms with van der Waals surface area (Å²) in [5.41, 5.74) is 2.34. The molecule has 1 saturated heterocycles. The largest absolute Gasteiger partial charge is 0.326 e. The monoisotopic (exact) mass is 394 g/mol. The number of piperidine rings is 1. The SMILES string of the molecule is Cc1cc(=O)n2[nH]c(CC(=O)Nc3ccc(CN4CCCCC4C)cc3)nc2n1. The third-order valence-electron chi connectivity index (χ3n) is 5.40. The van der Waals surface area contributed by atoms with Crippen LogP contribution in [0.1, 0.15) is 43.3 Å². The standard InChI is InChI=1S/C21H26N6O2/c1-14-11-20(29)27-21(22-14)24-18(25-27)12-19(28)23-17-8-6-16(7-9-17)13-26-10-4-3-5-15(26)2/h6-9,11,15H,3-5,10,12-13H2,1-2H3,(H,23,28)(H,22,24,25). The number of hydrogen-bond acceptors (Lipinski definition) is 5. The first kappa shape index (κ1) is 19.3. The van der Waals surface area contributed by atoms with Gasteiger partial charge < -0.3 is 5.32 Å². The number of benzene rings is 1. The van der Waals surface area contributed by atoms with Crippen LogP contribution in [0.3, 0.4) is 0 Å². The highest BCUT2D eigenvalue weighted by Crippen LogP contribution is 2.20. The molecule has 29 heavy (non-hydrogen) atoms. The van der Waals surface area contributed by atoms with Crippen molar-refractivity contribution in [3.8, 4) is 0 Å². The van der Waals surface area contributed by atoms with Gasteiger partial charge in [0, 0.05) is 30.0 Å². The Morgan fingerprint density at radius 3 is 2.79 bits per heavy atom. The van der Waals surface area contributed by atoms with Crippen molar-refractivity contribution in [3.05, 3.63) is 57.8 Å².